The molecule has 20 heavy (non-hydrogen) atoms. The van der Waals surface area contributed by atoms with Gasteiger partial charge in [-0.15, -0.1) is 0 Å². The van der Waals surface area contributed by atoms with E-state index >= 15 is 0 Å². The number of hydrogen-bond acceptors (Lipinski definition) is 1. The highest BCUT2D eigenvalue weighted by Gasteiger charge is 2.38. The molecule has 1 aromatic rings. The highest BCUT2D eigenvalue weighted by molar-refractivity contribution is 5.95. The zero-order chi connectivity index (χ0) is 14.9. The number of alkyl halides is 3. The smallest absolute Gasteiger partial charge is 0.349 e. The Bertz CT molecular complexity index is 512. The Balaban J connectivity index is 2.10. The van der Waals surface area contributed by atoms with E-state index in [4.69, 9.17) is 0 Å². The van der Waals surface area contributed by atoms with Crippen molar-refractivity contribution < 1.29 is 22.4 Å². The molecule has 0 aliphatic heterocycles. The third-order valence-corrected chi connectivity index (χ3v) is 3.44. The first-order valence-corrected chi connectivity index (χ1v) is 6.50. The molecule has 1 fully saturated rings. The number of hydrogen-bond donors (Lipinski definition) is 1. The van der Waals surface area contributed by atoms with Crippen molar-refractivity contribution in [3.63, 3.8) is 0 Å². The van der Waals surface area contributed by atoms with Gasteiger partial charge < -0.3 is 5.32 Å². The van der Waals surface area contributed by atoms with Gasteiger partial charge in [-0.2, -0.15) is 13.2 Å². The van der Waals surface area contributed by atoms with E-state index < -0.39 is 29.0 Å². The van der Waals surface area contributed by atoms with E-state index in [1.807, 2.05) is 6.92 Å². The molecule has 0 spiro atoms. The summed E-state index contributed by atoms with van der Waals surface area (Å²) in [5.41, 5.74) is -1.58. The zero-order valence-corrected chi connectivity index (χ0v) is 10.9. The van der Waals surface area contributed by atoms with Crippen LogP contribution in [0.3, 0.4) is 0 Å². The normalized spacial score (nSPS) is 21.6. The van der Waals surface area contributed by atoms with Gasteiger partial charge in [0.25, 0.3) is 5.91 Å². The Morgan fingerprint density at radius 2 is 2.10 bits per heavy atom. The predicted octanol–water partition coefficient (Wildman–Crippen LogP) is 3.76. The molecule has 0 heterocycles. The van der Waals surface area contributed by atoms with Gasteiger partial charge in [-0.05, 0) is 37.0 Å². The molecule has 110 valence electrons. The summed E-state index contributed by atoms with van der Waals surface area (Å²) < 4.78 is 51.1. The minimum Gasteiger partial charge on any atom is -0.349 e. The van der Waals surface area contributed by atoms with Crippen LogP contribution in [-0.2, 0) is 6.18 Å². The fraction of sp³-hybridized carbons (Fsp3) is 0.500. The molecule has 2 atom stereocenters. The Morgan fingerprint density at radius 1 is 1.40 bits per heavy atom. The van der Waals surface area contributed by atoms with Crippen molar-refractivity contribution in [2.24, 2.45) is 5.92 Å². The average Bonchev–Trinajstić information content (AvgIpc) is 3.06. The lowest BCUT2D eigenvalue weighted by Crippen LogP contribution is -2.28. The third-order valence-electron chi connectivity index (χ3n) is 3.44. The van der Waals surface area contributed by atoms with Gasteiger partial charge in [0.05, 0.1) is 11.1 Å². The van der Waals surface area contributed by atoms with Crippen molar-refractivity contribution in [1.82, 2.24) is 5.32 Å². The fourth-order valence-corrected chi connectivity index (χ4v) is 2.24. The van der Waals surface area contributed by atoms with Crippen LogP contribution >= 0.6 is 0 Å². The van der Waals surface area contributed by atoms with Gasteiger partial charge >= 0.3 is 6.18 Å². The molecule has 1 saturated carbocycles. The second-order valence-corrected chi connectivity index (χ2v) is 5.06. The number of benzene rings is 1. The average molecular weight is 289 g/mol. The van der Waals surface area contributed by atoms with Gasteiger partial charge in [0.1, 0.15) is 5.82 Å². The number of carbonyl (C=O) groups is 1. The molecule has 2 unspecified atom stereocenters. The van der Waals surface area contributed by atoms with Crippen molar-refractivity contribution in [2.45, 2.75) is 38.4 Å². The lowest BCUT2D eigenvalue weighted by molar-refractivity contribution is -0.137. The fourth-order valence-electron chi connectivity index (χ4n) is 2.24. The molecule has 2 nitrogen and oxygen atoms in total. The minimum atomic E-state index is -4.59. The van der Waals surface area contributed by atoms with Gasteiger partial charge in [-0.1, -0.05) is 13.3 Å². The van der Waals surface area contributed by atoms with E-state index in [-0.39, 0.29) is 6.04 Å². The van der Waals surface area contributed by atoms with Gasteiger partial charge in [0.2, 0.25) is 0 Å². The Labute approximate surface area is 114 Å². The summed E-state index contributed by atoms with van der Waals surface area (Å²) in [4.78, 5) is 11.8. The monoisotopic (exact) mass is 289 g/mol. The largest absolute Gasteiger partial charge is 0.416 e. The van der Waals surface area contributed by atoms with E-state index in [9.17, 15) is 22.4 Å². The molecule has 0 saturated heterocycles. The molecule has 2 rings (SSSR count). The van der Waals surface area contributed by atoms with E-state index in [2.05, 4.69) is 5.32 Å². The summed E-state index contributed by atoms with van der Waals surface area (Å²) in [7, 11) is 0. The number of halogens is 4. The number of carbonyl (C=O) groups excluding carboxylic acids is 1. The summed E-state index contributed by atoms with van der Waals surface area (Å²) in [5.74, 6) is -1.36. The molecule has 1 aromatic carbocycles. The molecule has 0 bridgehead atoms. The van der Waals surface area contributed by atoms with Gasteiger partial charge in [-0.3, -0.25) is 4.79 Å². The van der Waals surface area contributed by atoms with E-state index in [0.29, 0.717) is 24.1 Å². The van der Waals surface area contributed by atoms with E-state index in [0.717, 1.165) is 19.3 Å². The van der Waals surface area contributed by atoms with Gasteiger partial charge in [0, 0.05) is 6.04 Å². The molecule has 0 radical (unpaired) electrons. The molecule has 0 aromatic heterocycles. The Kier molecular flexibility index (Phi) is 4.01. The van der Waals surface area contributed by atoms with Crippen molar-refractivity contribution >= 4 is 5.91 Å². The van der Waals surface area contributed by atoms with E-state index in [1.165, 1.54) is 0 Å². The minimum absolute atomic E-state index is 0.0450. The number of nitrogens with one attached hydrogen (secondary N) is 1. The zero-order valence-electron chi connectivity index (χ0n) is 10.9. The van der Waals surface area contributed by atoms with Crippen LogP contribution in [-0.4, -0.2) is 11.9 Å². The second-order valence-electron chi connectivity index (χ2n) is 5.06. The molecule has 1 N–H and O–H groups in total. The first kappa shape index (κ1) is 14.8. The lowest BCUT2D eigenvalue weighted by Gasteiger charge is -2.10. The summed E-state index contributed by atoms with van der Waals surface area (Å²) in [6.07, 6.45) is -1.85. The summed E-state index contributed by atoms with van der Waals surface area (Å²) in [6, 6.07) is 1.82. The van der Waals surface area contributed by atoms with Crippen LogP contribution in [0.2, 0.25) is 0 Å². The summed E-state index contributed by atoms with van der Waals surface area (Å²) in [6.45, 7) is 2.02. The quantitative estimate of drug-likeness (QED) is 0.840. The van der Waals surface area contributed by atoms with Crippen LogP contribution in [0.4, 0.5) is 17.6 Å². The molecular formula is C14H15F4NO. The summed E-state index contributed by atoms with van der Waals surface area (Å²) >= 11 is 0. The summed E-state index contributed by atoms with van der Waals surface area (Å²) in [5, 5.41) is 2.58. The molecule has 1 amide bonds. The van der Waals surface area contributed by atoms with Crippen LogP contribution in [0.1, 0.15) is 42.1 Å². The SMILES string of the molecule is CCCC1CC1NC(=O)c1cc(C(F)(F)F)ccc1F. The maximum Gasteiger partial charge on any atom is 0.416 e. The Morgan fingerprint density at radius 3 is 2.70 bits per heavy atom. The highest BCUT2D eigenvalue weighted by atomic mass is 19.4. The second kappa shape index (κ2) is 5.42. The van der Waals surface area contributed by atoms with Crippen molar-refractivity contribution in [1.29, 1.82) is 0 Å². The maximum atomic E-state index is 13.5. The Hall–Kier alpha value is -1.59. The third kappa shape index (κ3) is 3.29. The standard InChI is InChI=1S/C14H15F4NO/c1-2-3-8-6-12(8)19-13(20)10-7-9(14(16,17)18)4-5-11(10)15/h4-5,7-8,12H,2-3,6H2,1H3,(H,19,20). The van der Waals surface area contributed by atoms with Gasteiger partial charge in [0.15, 0.2) is 0 Å². The predicted molar refractivity (Wildman–Crippen MR) is 65.7 cm³/mol. The topological polar surface area (TPSA) is 29.1 Å². The molecule has 1 aliphatic rings. The first-order valence-electron chi connectivity index (χ1n) is 6.50. The van der Waals surface area contributed by atoms with Crippen LogP contribution in [0.5, 0.6) is 0 Å². The lowest BCUT2D eigenvalue weighted by atomic mass is 10.1. The van der Waals surface area contributed by atoms with Crippen molar-refractivity contribution in [3.8, 4) is 0 Å². The van der Waals surface area contributed by atoms with Crippen LogP contribution in [0, 0.1) is 11.7 Å². The van der Waals surface area contributed by atoms with Crippen LogP contribution < -0.4 is 5.32 Å². The number of amides is 1. The molecule has 1 aliphatic carbocycles. The van der Waals surface area contributed by atoms with Crippen molar-refractivity contribution in [3.05, 3.63) is 35.1 Å². The maximum absolute atomic E-state index is 13.5. The first-order chi connectivity index (χ1) is 9.32. The van der Waals surface area contributed by atoms with Crippen molar-refractivity contribution in [2.75, 3.05) is 0 Å². The highest BCUT2D eigenvalue weighted by Crippen LogP contribution is 2.35. The molecular weight excluding hydrogens is 274 g/mol. The van der Waals surface area contributed by atoms with Crippen LogP contribution in [0.15, 0.2) is 18.2 Å². The van der Waals surface area contributed by atoms with Crippen LogP contribution in [0.25, 0.3) is 0 Å². The van der Waals surface area contributed by atoms with Gasteiger partial charge in [-0.25, -0.2) is 4.39 Å². The number of rotatable bonds is 4. The van der Waals surface area contributed by atoms with E-state index in [1.54, 1.807) is 0 Å². The molecule has 6 heteroatoms.